The Morgan fingerprint density at radius 3 is 2.30 bits per heavy atom. The molecule has 0 aromatic heterocycles. The summed E-state index contributed by atoms with van der Waals surface area (Å²) in [6.07, 6.45) is -0.731. The number of amides is 2. The molecule has 0 fully saturated rings. The summed E-state index contributed by atoms with van der Waals surface area (Å²) < 4.78 is 5.14. The van der Waals surface area contributed by atoms with E-state index < -0.39 is 17.5 Å². The fraction of sp³-hybridized carbons (Fsp3) is 0.176. The fourth-order valence-corrected chi connectivity index (χ4v) is 2.15. The molecular weight excluding hydrogens is 316 g/mol. The Kier molecular flexibility index (Phi) is 5.24. The number of halogens is 1. The monoisotopic (exact) mass is 332 g/mol. The van der Waals surface area contributed by atoms with Gasteiger partial charge < -0.3 is 15.8 Å². The van der Waals surface area contributed by atoms with E-state index in [0.717, 1.165) is 5.56 Å². The van der Waals surface area contributed by atoms with Gasteiger partial charge in [0.15, 0.2) is 0 Å². The van der Waals surface area contributed by atoms with Gasteiger partial charge in [0.2, 0.25) is 5.91 Å². The zero-order valence-corrected chi connectivity index (χ0v) is 13.3. The number of nitrogens with two attached hydrogens (primary N) is 1. The summed E-state index contributed by atoms with van der Waals surface area (Å²) in [6, 6.07) is 15.7. The molecule has 0 saturated carbocycles. The van der Waals surface area contributed by atoms with Gasteiger partial charge >= 0.3 is 6.09 Å². The molecule has 3 N–H and O–H groups in total. The summed E-state index contributed by atoms with van der Waals surface area (Å²) in [5.41, 5.74) is 5.43. The number of ether oxygens (including phenoxy) is 1. The van der Waals surface area contributed by atoms with Crippen molar-refractivity contribution in [2.75, 3.05) is 0 Å². The number of carbonyl (C=O) groups is 2. The van der Waals surface area contributed by atoms with E-state index in [-0.39, 0.29) is 6.61 Å². The molecule has 23 heavy (non-hydrogen) atoms. The summed E-state index contributed by atoms with van der Waals surface area (Å²) in [7, 11) is 0. The topological polar surface area (TPSA) is 81.4 Å². The van der Waals surface area contributed by atoms with Crippen LogP contribution in [0.3, 0.4) is 0 Å². The van der Waals surface area contributed by atoms with Crippen LogP contribution in [0.5, 0.6) is 0 Å². The molecule has 0 bridgehead atoms. The number of primary amides is 1. The highest BCUT2D eigenvalue weighted by molar-refractivity contribution is 6.30. The van der Waals surface area contributed by atoms with Crippen LogP contribution in [0.2, 0.25) is 5.02 Å². The molecule has 2 aromatic carbocycles. The van der Waals surface area contributed by atoms with Crippen LogP contribution in [-0.4, -0.2) is 12.0 Å². The van der Waals surface area contributed by atoms with Gasteiger partial charge in [0.1, 0.15) is 12.1 Å². The molecule has 5 nitrogen and oxygen atoms in total. The SMILES string of the molecule is C[C@](NC(=O)OCc1ccccc1)(C(N)=O)c1ccc(Cl)cc1. The highest BCUT2D eigenvalue weighted by Gasteiger charge is 2.35. The lowest BCUT2D eigenvalue weighted by atomic mass is 9.91. The molecule has 1 atom stereocenters. The quantitative estimate of drug-likeness (QED) is 0.883. The van der Waals surface area contributed by atoms with Gasteiger partial charge in [-0.25, -0.2) is 4.79 Å². The molecule has 2 amide bonds. The van der Waals surface area contributed by atoms with Crippen LogP contribution in [0.25, 0.3) is 0 Å². The van der Waals surface area contributed by atoms with Crippen molar-refractivity contribution in [1.29, 1.82) is 0 Å². The van der Waals surface area contributed by atoms with Crippen molar-refractivity contribution >= 4 is 23.6 Å². The zero-order chi connectivity index (χ0) is 16.9. The van der Waals surface area contributed by atoms with E-state index in [1.807, 2.05) is 30.3 Å². The molecule has 0 unspecified atom stereocenters. The van der Waals surface area contributed by atoms with Crippen LogP contribution in [0.4, 0.5) is 4.79 Å². The second-order valence-electron chi connectivity index (χ2n) is 5.18. The summed E-state index contributed by atoms with van der Waals surface area (Å²) in [5, 5.41) is 3.04. The molecule has 0 aliphatic heterocycles. The van der Waals surface area contributed by atoms with Gasteiger partial charge in [-0.05, 0) is 30.2 Å². The van der Waals surface area contributed by atoms with Gasteiger partial charge in [-0.15, -0.1) is 0 Å². The number of benzene rings is 2. The van der Waals surface area contributed by atoms with Crippen LogP contribution in [0.15, 0.2) is 54.6 Å². The van der Waals surface area contributed by atoms with Crippen molar-refractivity contribution in [3.8, 4) is 0 Å². The Hall–Kier alpha value is -2.53. The number of nitrogens with one attached hydrogen (secondary N) is 1. The minimum absolute atomic E-state index is 0.0993. The van der Waals surface area contributed by atoms with Gasteiger partial charge in [-0.3, -0.25) is 4.79 Å². The van der Waals surface area contributed by atoms with Gasteiger partial charge in [-0.2, -0.15) is 0 Å². The number of rotatable bonds is 5. The van der Waals surface area contributed by atoms with Crippen molar-refractivity contribution in [1.82, 2.24) is 5.32 Å². The first kappa shape index (κ1) is 16.8. The van der Waals surface area contributed by atoms with Crippen molar-refractivity contribution < 1.29 is 14.3 Å². The lowest BCUT2D eigenvalue weighted by Crippen LogP contribution is -2.52. The van der Waals surface area contributed by atoms with E-state index in [9.17, 15) is 9.59 Å². The minimum atomic E-state index is -1.39. The maximum absolute atomic E-state index is 12.0. The van der Waals surface area contributed by atoms with E-state index >= 15 is 0 Å². The average Bonchev–Trinajstić information content (AvgIpc) is 2.54. The predicted molar refractivity (Wildman–Crippen MR) is 87.8 cm³/mol. The van der Waals surface area contributed by atoms with Crippen LogP contribution in [0, 0.1) is 0 Å². The Labute approximate surface area is 139 Å². The Bertz CT molecular complexity index is 689. The predicted octanol–water partition coefficient (Wildman–Crippen LogP) is 2.97. The largest absolute Gasteiger partial charge is 0.445 e. The Morgan fingerprint density at radius 1 is 1.13 bits per heavy atom. The van der Waals surface area contributed by atoms with Crippen molar-refractivity contribution in [3.63, 3.8) is 0 Å². The third kappa shape index (κ3) is 4.23. The van der Waals surface area contributed by atoms with Crippen LogP contribution >= 0.6 is 11.6 Å². The molecular formula is C17H17ClN2O3. The van der Waals surface area contributed by atoms with Gasteiger partial charge in [-0.1, -0.05) is 54.1 Å². The smallest absolute Gasteiger partial charge is 0.408 e. The maximum Gasteiger partial charge on any atom is 0.408 e. The fourth-order valence-electron chi connectivity index (χ4n) is 2.02. The van der Waals surface area contributed by atoms with Crippen molar-refractivity contribution in [2.45, 2.75) is 19.1 Å². The lowest BCUT2D eigenvalue weighted by Gasteiger charge is -2.27. The summed E-state index contributed by atoms with van der Waals surface area (Å²) in [6.45, 7) is 1.62. The third-order valence-corrected chi connectivity index (χ3v) is 3.73. The van der Waals surface area contributed by atoms with Gasteiger partial charge in [0.25, 0.3) is 0 Å². The minimum Gasteiger partial charge on any atom is -0.445 e. The maximum atomic E-state index is 12.0. The Balaban J connectivity index is 2.08. The Morgan fingerprint density at radius 2 is 1.74 bits per heavy atom. The standard InChI is InChI=1S/C17H17ClN2O3/c1-17(15(19)21,13-7-9-14(18)10-8-13)20-16(22)23-11-12-5-3-2-4-6-12/h2-10H,11H2,1H3,(H2,19,21)(H,20,22)/t17-/m1/s1. The number of hydrogen-bond acceptors (Lipinski definition) is 3. The lowest BCUT2D eigenvalue weighted by molar-refractivity contribution is -0.124. The molecule has 0 aliphatic rings. The summed E-state index contributed by atoms with van der Waals surface area (Å²) >= 11 is 5.84. The van der Waals surface area contributed by atoms with Gasteiger partial charge in [0.05, 0.1) is 0 Å². The first-order valence-corrected chi connectivity index (χ1v) is 7.34. The van der Waals surface area contributed by atoms with Crippen LogP contribution in [-0.2, 0) is 21.7 Å². The van der Waals surface area contributed by atoms with E-state index in [0.29, 0.717) is 10.6 Å². The third-order valence-electron chi connectivity index (χ3n) is 3.48. The molecule has 6 heteroatoms. The number of hydrogen-bond donors (Lipinski definition) is 2. The highest BCUT2D eigenvalue weighted by Crippen LogP contribution is 2.22. The van der Waals surface area contributed by atoms with E-state index in [4.69, 9.17) is 22.1 Å². The van der Waals surface area contributed by atoms with E-state index in [1.165, 1.54) is 6.92 Å². The molecule has 0 radical (unpaired) electrons. The van der Waals surface area contributed by atoms with Crippen LogP contribution < -0.4 is 11.1 Å². The summed E-state index contributed by atoms with van der Waals surface area (Å²) in [5.74, 6) is -0.698. The average molecular weight is 333 g/mol. The molecule has 0 aliphatic carbocycles. The second-order valence-corrected chi connectivity index (χ2v) is 5.62. The second kappa shape index (κ2) is 7.15. The number of carbonyl (C=O) groups excluding carboxylic acids is 2. The van der Waals surface area contributed by atoms with Gasteiger partial charge in [0, 0.05) is 5.02 Å². The normalized spacial score (nSPS) is 13.0. The molecule has 2 rings (SSSR count). The van der Waals surface area contributed by atoms with E-state index in [1.54, 1.807) is 24.3 Å². The molecule has 0 saturated heterocycles. The van der Waals surface area contributed by atoms with Crippen molar-refractivity contribution in [2.24, 2.45) is 5.73 Å². The van der Waals surface area contributed by atoms with E-state index in [2.05, 4.69) is 5.32 Å². The highest BCUT2D eigenvalue weighted by atomic mass is 35.5. The first-order valence-electron chi connectivity index (χ1n) is 6.96. The first-order chi connectivity index (χ1) is 10.9. The molecule has 120 valence electrons. The molecule has 2 aromatic rings. The van der Waals surface area contributed by atoms with Crippen molar-refractivity contribution in [3.05, 3.63) is 70.7 Å². The zero-order valence-electron chi connectivity index (χ0n) is 12.6. The molecule has 0 heterocycles. The summed E-state index contributed by atoms with van der Waals surface area (Å²) in [4.78, 5) is 23.8. The molecule has 0 spiro atoms. The van der Waals surface area contributed by atoms with Crippen LogP contribution in [0.1, 0.15) is 18.1 Å². The number of alkyl carbamates (subject to hydrolysis) is 1.